The summed E-state index contributed by atoms with van der Waals surface area (Å²) in [6, 6.07) is 4.10. The van der Waals surface area contributed by atoms with E-state index in [1.54, 1.807) is 11.3 Å². The van der Waals surface area contributed by atoms with Crippen molar-refractivity contribution in [1.82, 2.24) is 4.90 Å². The summed E-state index contributed by atoms with van der Waals surface area (Å²) in [6.45, 7) is 5.32. The van der Waals surface area contributed by atoms with Crippen molar-refractivity contribution in [2.75, 3.05) is 13.1 Å². The summed E-state index contributed by atoms with van der Waals surface area (Å²) in [5, 5.41) is 11.6. The summed E-state index contributed by atoms with van der Waals surface area (Å²) in [7, 11) is 0. The van der Waals surface area contributed by atoms with E-state index in [1.807, 2.05) is 30.2 Å². The second-order valence-corrected chi connectivity index (χ2v) is 6.29. The van der Waals surface area contributed by atoms with E-state index in [9.17, 15) is 9.90 Å². The van der Waals surface area contributed by atoms with Crippen LogP contribution in [0.25, 0.3) is 0 Å². The highest BCUT2D eigenvalue weighted by molar-refractivity contribution is 7.09. The Labute approximate surface area is 112 Å². The molecule has 1 aliphatic rings. The van der Waals surface area contributed by atoms with Crippen LogP contribution in [-0.2, 0) is 11.2 Å². The predicted molar refractivity (Wildman–Crippen MR) is 73.6 cm³/mol. The minimum absolute atomic E-state index is 0.0383. The summed E-state index contributed by atoms with van der Waals surface area (Å²) in [5.74, 6) is 0.519. The van der Waals surface area contributed by atoms with Crippen LogP contribution in [0, 0.1) is 11.8 Å². The summed E-state index contributed by atoms with van der Waals surface area (Å²) in [5.41, 5.74) is 0. The number of carbonyl (C=O) groups excluding carboxylic acids is 1. The van der Waals surface area contributed by atoms with Gasteiger partial charge >= 0.3 is 0 Å². The smallest absolute Gasteiger partial charge is 0.225 e. The monoisotopic (exact) mass is 267 g/mol. The van der Waals surface area contributed by atoms with Crippen molar-refractivity contribution in [2.24, 2.45) is 11.8 Å². The molecule has 1 fully saturated rings. The van der Waals surface area contributed by atoms with Crippen molar-refractivity contribution in [2.45, 2.75) is 32.8 Å². The van der Waals surface area contributed by atoms with Crippen LogP contribution in [0.1, 0.15) is 25.1 Å². The molecule has 2 rings (SSSR count). The fourth-order valence-corrected chi connectivity index (χ4v) is 3.35. The van der Waals surface area contributed by atoms with Gasteiger partial charge in [-0.15, -0.1) is 11.3 Å². The molecular weight excluding hydrogens is 246 g/mol. The first-order valence-electron chi connectivity index (χ1n) is 6.57. The topological polar surface area (TPSA) is 40.5 Å². The van der Waals surface area contributed by atoms with E-state index in [0.29, 0.717) is 6.54 Å². The van der Waals surface area contributed by atoms with Crippen LogP contribution < -0.4 is 0 Å². The number of aliphatic hydroxyl groups excluding tert-OH is 1. The predicted octanol–water partition coefficient (Wildman–Crippen LogP) is 2.16. The number of amides is 1. The van der Waals surface area contributed by atoms with Crippen LogP contribution >= 0.6 is 11.3 Å². The van der Waals surface area contributed by atoms with E-state index in [2.05, 4.69) is 6.07 Å². The molecule has 1 aromatic heterocycles. The molecule has 0 aromatic carbocycles. The Morgan fingerprint density at radius 1 is 1.61 bits per heavy atom. The fourth-order valence-electron chi connectivity index (χ4n) is 2.51. The Morgan fingerprint density at radius 3 is 2.94 bits per heavy atom. The molecular formula is C14H21NO2S. The zero-order chi connectivity index (χ0) is 13.1. The molecule has 0 spiro atoms. The third-order valence-corrected chi connectivity index (χ3v) is 4.63. The highest BCUT2D eigenvalue weighted by atomic mass is 32.1. The van der Waals surface area contributed by atoms with Gasteiger partial charge in [0.2, 0.25) is 5.91 Å². The lowest BCUT2D eigenvalue weighted by atomic mass is 10.0. The van der Waals surface area contributed by atoms with Crippen LogP contribution in [-0.4, -0.2) is 35.1 Å². The van der Waals surface area contributed by atoms with Gasteiger partial charge in [0, 0.05) is 29.8 Å². The molecule has 1 aliphatic heterocycles. The van der Waals surface area contributed by atoms with Gasteiger partial charge in [-0.3, -0.25) is 4.79 Å². The van der Waals surface area contributed by atoms with E-state index >= 15 is 0 Å². The summed E-state index contributed by atoms with van der Waals surface area (Å²) in [4.78, 5) is 15.5. The summed E-state index contributed by atoms with van der Waals surface area (Å²) in [6.07, 6.45) is 1.44. The van der Waals surface area contributed by atoms with Crippen molar-refractivity contribution in [3.05, 3.63) is 22.4 Å². The van der Waals surface area contributed by atoms with Crippen LogP contribution in [0.5, 0.6) is 0 Å². The lowest BCUT2D eigenvalue weighted by Crippen LogP contribution is -2.35. The second kappa shape index (κ2) is 5.85. The molecule has 1 N–H and O–H groups in total. The Kier molecular flexibility index (Phi) is 4.40. The normalized spacial score (nSPS) is 23.1. The molecule has 18 heavy (non-hydrogen) atoms. The van der Waals surface area contributed by atoms with Crippen LogP contribution in [0.2, 0.25) is 0 Å². The number of nitrogens with zero attached hydrogens (tertiary/aromatic N) is 1. The van der Waals surface area contributed by atoms with E-state index in [0.717, 1.165) is 19.4 Å². The van der Waals surface area contributed by atoms with Gasteiger partial charge < -0.3 is 10.0 Å². The molecule has 1 amide bonds. The van der Waals surface area contributed by atoms with Gasteiger partial charge in [0.15, 0.2) is 0 Å². The number of hydrogen-bond donors (Lipinski definition) is 1. The third kappa shape index (κ3) is 3.12. The van der Waals surface area contributed by atoms with Gasteiger partial charge in [-0.2, -0.15) is 0 Å². The van der Waals surface area contributed by atoms with Crippen LogP contribution in [0.4, 0.5) is 0 Å². The number of rotatable bonds is 4. The van der Waals surface area contributed by atoms with Gasteiger partial charge in [0.05, 0.1) is 6.10 Å². The van der Waals surface area contributed by atoms with Gasteiger partial charge in [-0.05, 0) is 31.2 Å². The Morgan fingerprint density at radius 2 is 2.39 bits per heavy atom. The van der Waals surface area contributed by atoms with Crippen LogP contribution in [0.3, 0.4) is 0 Å². The molecule has 1 aromatic rings. The molecule has 4 heteroatoms. The molecule has 0 radical (unpaired) electrons. The summed E-state index contributed by atoms with van der Waals surface area (Å²) < 4.78 is 0. The largest absolute Gasteiger partial charge is 0.393 e. The van der Waals surface area contributed by atoms with E-state index in [-0.39, 0.29) is 23.8 Å². The Hall–Kier alpha value is -0.870. The highest BCUT2D eigenvalue weighted by Crippen LogP contribution is 2.23. The maximum absolute atomic E-state index is 12.3. The second-order valence-electron chi connectivity index (χ2n) is 5.26. The average Bonchev–Trinajstić information content (AvgIpc) is 2.98. The number of thiophene rings is 1. The average molecular weight is 267 g/mol. The van der Waals surface area contributed by atoms with Gasteiger partial charge in [-0.25, -0.2) is 0 Å². The van der Waals surface area contributed by atoms with Crippen molar-refractivity contribution in [3.8, 4) is 0 Å². The van der Waals surface area contributed by atoms with Crippen molar-refractivity contribution >= 4 is 17.2 Å². The van der Waals surface area contributed by atoms with Gasteiger partial charge in [0.25, 0.3) is 0 Å². The van der Waals surface area contributed by atoms with Crippen molar-refractivity contribution in [1.29, 1.82) is 0 Å². The molecule has 2 heterocycles. The van der Waals surface area contributed by atoms with Crippen molar-refractivity contribution < 1.29 is 9.90 Å². The molecule has 0 bridgehead atoms. The van der Waals surface area contributed by atoms with Gasteiger partial charge in [0.1, 0.15) is 0 Å². The first-order chi connectivity index (χ1) is 8.58. The molecule has 100 valence electrons. The molecule has 0 saturated carbocycles. The number of carbonyl (C=O) groups is 1. The van der Waals surface area contributed by atoms with E-state index in [1.165, 1.54) is 4.88 Å². The maximum Gasteiger partial charge on any atom is 0.225 e. The van der Waals surface area contributed by atoms with E-state index in [4.69, 9.17) is 0 Å². The maximum atomic E-state index is 12.3. The molecule has 3 nitrogen and oxygen atoms in total. The zero-order valence-electron chi connectivity index (χ0n) is 11.0. The molecule has 3 unspecified atom stereocenters. The number of hydrogen-bond acceptors (Lipinski definition) is 3. The van der Waals surface area contributed by atoms with Crippen molar-refractivity contribution in [3.63, 3.8) is 0 Å². The highest BCUT2D eigenvalue weighted by Gasteiger charge is 2.31. The molecule has 0 aliphatic carbocycles. The SMILES string of the molecule is CC(Cc1cccs1)C(=O)N1CCC(C(C)O)C1. The first-order valence-corrected chi connectivity index (χ1v) is 7.45. The van der Waals surface area contributed by atoms with Gasteiger partial charge in [-0.1, -0.05) is 13.0 Å². The standard InChI is InChI=1S/C14H21NO2S/c1-10(8-13-4-3-7-18-13)14(17)15-6-5-12(9-15)11(2)16/h3-4,7,10-12,16H,5-6,8-9H2,1-2H3. The Balaban J connectivity index is 1.88. The number of likely N-dealkylation sites (tertiary alicyclic amines) is 1. The molecule has 3 atom stereocenters. The van der Waals surface area contributed by atoms with E-state index < -0.39 is 0 Å². The Bertz CT molecular complexity index is 389. The minimum atomic E-state index is -0.310. The molecule has 1 saturated heterocycles. The fraction of sp³-hybridized carbons (Fsp3) is 0.643. The quantitative estimate of drug-likeness (QED) is 0.908. The number of aliphatic hydroxyl groups is 1. The summed E-state index contributed by atoms with van der Waals surface area (Å²) >= 11 is 1.71. The minimum Gasteiger partial charge on any atom is -0.393 e. The lowest BCUT2D eigenvalue weighted by Gasteiger charge is -2.21. The zero-order valence-corrected chi connectivity index (χ0v) is 11.8. The third-order valence-electron chi connectivity index (χ3n) is 3.73. The first kappa shape index (κ1) is 13.6. The lowest BCUT2D eigenvalue weighted by molar-refractivity contribution is -0.134. The van der Waals surface area contributed by atoms with Crippen LogP contribution in [0.15, 0.2) is 17.5 Å².